The summed E-state index contributed by atoms with van der Waals surface area (Å²) in [6, 6.07) is 19.1. The number of fused-ring (bicyclic) bond motifs is 3. The second kappa shape index (κ2) is 8.56. The van der Waals surface area contributed by atoms with Gasteiger partial charge in [0.25, 0.3) is 0 Å². The summed E-state index contributed by atoms with van der Waals surface area (Å²) in [7, 11) is 0. The van der Waals surface area contributed by atoms with Crippen molar-refractivity contribution in [3.63, 3.8) is 0 Å². The van der Waals surface area contributed by atoms with Gasteiger partial charge in [-0.15, -0.1) is 0 Å². The van der Waals surface area contributed by atoms with Crippen molar-refractivity contribution in [2.75, 3.05) is 26.2 Å². The molecule has 1 atom stereocenters. The Morgan fingerprint density at radius 1 is 1.00 bits per heavy atom. The van der Waals surface area contributed by atoms with Gasteiger partial charge in [-0.3, -0.25) is 9.69 Å². The quantitative estimate of drug-likeness (QED) is 0.444. The minimum atomic E-state index is -0.928. The van der Waals surface area contributed by atoms with Gasteiger partial charge in [0.2, 0.25) is 0 Å². The van der Waals surface area contributed by atoms with Crippen molar-refractivity contribution in [2.45, 2.75) is 6.04 Å². The number of carboxylic acids is 1. The molecule has 0 amide bonds. The molecule has 0 aliphatic carbocycles. The van der Waals surface area contributed by atoms with Gasteiger partial charge in [-0.1, -0.05) is 24.3 Å². The van der Waals surface area contributed by atoms with Gasteiger partial charge < -0.3 is 19.7 Å². The number of nitrogens with one attached hydrogen (secondary N) is 1. The summed E-state index contributed by atoms with van der Waals surface area (Å²) in [5, 5.41) is 10.8. The molecule has 0 spiro atoms. The maximum atomic E-state index is 13.6. The Hall–Kier alpha value is -4.17. The lowest BCUT2D eigenvalue weighted by Gasteiger charge is -2.39. The molecule has 2 N–H and O–H groups in total. The first kappa shape index (κ1) is 21.4. The molecule has 6 rings (SSSR count). The van der Waals surface area contributed by atoms with E-state index in [2.05, 4.69) is 9.88 Å². The highest BCUT2D eigenvalue weighted by atomic mass is 19.1. The molecule has 2 aliphatic rings. The van der Waals surface area contributed by atoms with Crippen molar-refractivity contribution in [3.8, 4) is 11.5 Å². The van der Waals surface area contributed by atoms with Crippen LogP contribution in [-0.4, -0.2) is 57.9 Å². The summed E-state index contributed by atoms with van der Waals surface area (Å²) >= 11 is 0. The zero-order chi connectivity index (χ0) is 23.9. The average molecular weight is 471 g/mol. The topological polar surface area (TPSA) is 81.2 Å². The molecule has 2 aliphatic heterocycles. The third kappa shape index (κ3) is 3.81. The van der Waals surface area contributed by atoms with Gasteiger partial charge in [0, 0.05) is 48.8 Å². The summed E-state index contributed by atoms with van der Waals surface area (Å²) in [6.07, 6.45) is 1.68. The maximum absolute atomic E-state index is 13.6. The van der Waals surface area contributed by atoms with Crippen LogP contribution in [0.3, 0.4) is 0 Å². The van der Waals surface area contributed by atoms with Crippen LogP contribution in [0.2, 0.25) is 0 Å². The molecule has 3 heterocycles. The van der Waals surface area contributed by atoms with Crippen LogP contribution < -0.4 is 4.74 Å². The van der Waals surface area contributed by atoms with Crippen LogP contribution in [0, 0.1) is 5.82 Å². The normalized spacial score (nSPS) is 16.6. The number of carbonyl (C=O) groups is 1. The summed E-state index contributed by atoms with van der Waals surface area (Å²) in [6.45, 7) is 2.29. The molecule has 176 valence electrons. The van der Waals surface area contributed by atoms with Crippen molar-refractivity contribution in [1.82, 2.24) is 14.8 Å². The van der Waals surface area contributed by atoms with E-state index in [4.69, 9.17) is 9.73 Å². The maximum Gasteiger partial charge on any atom is 0.325 e. The number of aromatic nitrogens is 1. The molecule has 8 heteroatoms. The minimum Gasteiger partial charge on any atom is -0.480 e. The number of H-pyrrole nitrogens is 1. The number of amidine groups is 1. The number of aliphatic carboxylic acids is 1. The van der Waals surface area contributed by atoms with Gasteiger partial charge in [-0.2, -0.15) is 0 Å². The monoisotopic (exact) mass is 470 g/mol. The van der Waals surface area contributed by atoms with E-state index in [0.29, 0.717) is 43.0 Å². The van der Waals surface area contributed by atoms with E-state index in [0.717, 1.165) is 28.2 Å². The number of nitrogens with zero attached hydrogens (tertiary/aromatic N) is 3. The Morgan fingerprint density at radius 2 is 1.74 bits per heavy atom. The van der Waals surface area contributed by atoms with E-state index in [-0.39, 0.29) is 5.82 Å². The van der Waals surface area contributed by atoms with E-state index < -0.39 is 12.0 Å². The summed E-state index contributed by atoms with van der Waals surface area (Å²) in [5.41, 5.74) is 2.90. The van der Waals surface area contributed by atoms with Crippen molar-refractivity contribution < 1.29 is 19.0 Å². The Bertz CT molecular complexity index is 1460. The van der Waals surface area contributed by atoms with Gasteiger partial charge in [-0.05, 0) is 42.5 Å². The molecule has 1 fully saturated rings. The van der Waals surface area contributed by atoms with E-state index in [1.807, 2.05) is 53.4 Å². The Kier molecular flexibility index (Phi) is 5.22. The predicted octanol–water partition coefficient (Wildman–Crippen LogP) is 4.93. The van der Waals surface area contributed by atoms with Crippen LogP contribution in [0.5, 0.6) is 11.5 Å². The highest BCUT2D eigenvalue weighted by molar-refractivity contribution is 6.03. The second-order valence-corrected chi connectivity index (χ2v) is 8.70. The second-order valence-electron chi connectivity index (χ2n) is 8.70. The van der Waals surface area contributed by atoms with Crippen LogP contribution in [0.4, 0.5) is 10.1 Å². The lowest BCUT2D eigenvalue weighted by Crippen LogP contribution is -2.51. The number of aliphatic imine (C=N–C) groups is 1. The number of piperazine rings is 1. The fourth-order valence-electron chi connectivity index (χ4n) is 4.93. The van der Waals surface area contributed by atoms with Crippen LogP contribution in [0.1, 0.15) is 17.2 Å². The van der Waals surface area contributed by atoms with Crippen LogP contribution in [0.25, 0.3) is 10.9 Å². The standard InChI is InChI=1S/C27H23FN4O3/c28-17-9-10-18-20(16-29-22(18)15-17)25(27(33)34)31-11-13-32(14-12-31)26-19-5-1-3-7-23(19)35-24-8-4-2-6-21(24)30-26/h1-10,15-16,25,29H,11-14H2,(H,33,34)/t25-/m0/s1. The number of carboxylic acid groups (broad SMARTS) is 1. The summed E-state index contributed by atoms with van der Waals surface area (Å²) in [5.74, 6) is 0.979. The number of hydrogen-bond acceptors (Lipinski definition) is 5. The molecule has 4 aromatic rings. The van der Waals surface area contributed by atoms with Crippen molar-refractivity contribution >= 4 is 28.4 Å². The molecule has 0 unspecified atom stereocenters. The van der Waals surface area contributed by atoms with Gasteiger partial charge in [0.15, 0.2) is 5.75 Å². The average Bonchev–Trinajstić information content (AvgIpc) is 3.18. The van der Waals surface area contributed by atoms with E-state index in [9.17, 15) is 14.3 Å². The van der Waals surface area contributed by atoms with E-state index in [1.165, 1.54) is 12.1 Å². The number of benzene rings is 3. The first-order valence-corrected chi connectivity index (χ1v) is 11.5. The Balaban J connectivity index is 1.29. The molecule has 0 radical (unpaired) electrons. The largest absolute Gasteiger partial charge is 0.480 e. The molecule has 0 saturated carbocycles. The van der Waals surface area contributed by atoms with Crippen LogP contribution >= 0.6 is 0 Å². The van der Waals surface area contributed by atoms with E-state index in [1.54, 1.807) is 12.3 Å². The molecule has 1 saturated heterocycles. The SMILES string of the molecule is O=C(O)[C@H](c1c[nH]c2cc(F)ccc12)N1CCN(C2=Nc3ccccc3Oc3ccccc32)CC1. The third-order valence-corrected chi connectivity index (χ3v) is 6.62. The van der Waals surface area contributed by atoms with Gasteiger partial charge in [0.05, 0.1) is 5.56 Å². The first-order chi connectivity index (χ1) is 17.1. The fraction of sp³-hybridized carbons (Fsp3) is 0.185. The zero-order valence-electron chi connectivity index (χ0n) is 18.8. The van der Waals surface area contributed by atoms with Crippen LogP contribution in [0.15, 0.2) is 77.9 Å². The number of ether oxygens (including phenoxy) is 1. The first-order valence-electron chi connectivity index (χ1n) is 11.5. The molecular formula is C27H23FN4O3. The Labute approximate surface area is 201 Å². The van der Waals surface area contributed by atoms with Crippen molar-refractivity contribution in [2.24, 2.45) is 4.99 Å². The van der Waals surface area contributed by atoms with Crippen molar-refractivity contribution in [1.29, 1.82) is 0 Å². The number of halogens is 1. The molecule has 35 heavy (non-hydrogen) atoms. The highest BCUT2D eigenvalue weighted by Crippen LogP contribution is 2.38. The van der Waals surface area contributed by atoms with Gasteiger partial charge >= 0.3 is 5.97 Å². The third-order valence-electron chi connectivity index (χ3n) is 6.62. The van der Waals surface area contributed by atoms with E-state index >= 15 is 0 Å². The lowest BCUT2D eigenvalue weighted by atomic mass is 10.0. The minimum absolute atomic E-state index is 0.360. The Morgan fingerprint density at radius 3 is 2.54 bits per heavy atom. The number of hydrogen-bond donors (Lipinski definition) is 2. The number of para-hydroxylation sites is 3. The summed E-state index contributed by atoms with van der Waals surface area (Å²) in [4.78, 5) is 24.5. The smallest absolute Gasteiger partial charge is 0.325 e. The molecule has 0 bridgehead atoms. The molecule has 1 aromatic heterocycles. The van der Waals surface area contributed by atoms with Crippen LogP contribution in [-0.2, 0) is 4.79 Å². The number of rotatable bonds is 3. The van der Waals surface area contributed by atoms with Gasteiger partial charge in [-0.25, -0.2) is 9.38 Å². The van der Waals surface area contributed by atoms with Gasteiger partial charge in [0.1, 0.15) is 29.1 Å². The van der Waals surface area contributed by atoms with Crippen molar-refractivity contribution in [3.05, 3.63) is 89.9 Å². The molecule has 3 aromatic carbocycles. The zero-order valence-corrected chi connectivity index (χ0v) is 18.8. The lowest BCUT2D eigenvalue weighted by molar-refractivity contribution is -0.144. The summed E-state index contributed by atoms with van der Waals surface area (Å²) < 4.78 is 19.8. The molecular weight excluding hydrogens is 447 g/mol. The highest BCUT2D eigenvalue weighted by Gasteiger charge is 2.34. The fourth-order valence-corrected chi connectivity index (χ4v) is 4.93. The molecule has 7 nitrogen and oxygen atoms in total. The predicted molar refractivity (Wildman–Crippen MR) is 131 cm³/mol. The number of aromatic amines is 1.